The van der Waals surface area contributed by atoms with Gasteiger partial charge in [-0.15, -0.1) is 0 Å². The quantitative estimate of drug-likeness (QED) is 0.431. The van der Waals surface area contributed by atoms with Gasteiger partial charge in [0.25, 0.3) is 0 Å². The molecule has 23 heavy (non-hydrogen) atoms. The van der Waals surface area contributed by atoms with Crippen molar-refractivity contribution in [3.63, 3.8) is 0 Å². The minimum Gasteiger partial charge on any atom is -0.481 e. The molecule has 0 aromatic heterocycles. The number of aliphatic carboxylic acids is 1. The second-order valence-corrected chi connectivity index (χ2v) is 6.94. The summed E-state index contributed by atoms with van der Waals surface area (Å²) in [6, 6.07) is 0. The molecular weight excluding hydrogens is 292 g/mol. The largest absolute Gasteiger partial charge is 0.481 e. The van der Waals surface area contributed by atoms with Gasteiger partial charge < -0.3 is 9.84 Å². The molecule has 1 aliphatic rings. The number of rotatable bonds is 11. The standard InChI is InChI=1S/C19H34O4/c1-3-5-7-8-10-17(9-6-4-2)23-19(22)16-13-11-15(12-14-16)18(20)21/h15-17H,3-14H2,1-2H3,(H,20,21). The van der Waals surface area contributed by atoms with Gasteiger partial charge in [0, 0.05) is 0 Å². The second-order valence-electron chi connectivity index (χ2n) is 6.94. The molecule has 0 aromatic carbocycles. The molecule has 1 rings (SSSR count). The summed E-state index contributed by atoms with van der Waals surface area (Å²) in [6.07, 6.45) is 11.5. The van der Waals surface area contributed by atoms with Crippen LogP contribution in [0.2, 0.25) is 0 Å². The van der Waals surface area contributed by atoms with Gasteiger partial charge in [-0.2, -0.15) is 0 Å². The molecule has 0 spiro atoms. The van der Waals surface area contributed by atoms with Crippen molar-refractivity contribution >= 4 is 11.9 Å². The predicted molar refractivity (Wildman–Crippen MR) is 91.2 cm³/mol. The van der Waals surface area contributed by atoms with Gasteiger partial charge in [-0.05, 0) is 44.9 Å². The fraction of sp³-hybridized carbons (Fsp3) is 0.895. The molecule has 1 aliphatic carbocycles. The van der Waals surface area contributed by atoms with Crippen LogP contribution in [0.4, 0.5) is 0 Å². The van der Waals surface area contributed by atoms with E-state index in [0.717, 1.165) is 32.1 Å². The van der Waals surface area contributed by atoms with E-state index >= 15 is 0 Å². The van der Waals surface area contributed by atoms with Crippen LogP contribution >= 0.6 is 0 Å². The number of carboxylic acids is 1. The first-order valence-corrected chi connectivity index (χ1v) is 9.51. The minimum absolute atomic E-state index is 0.0523. The van der Waals surface area contributed by atoms with Crippen LogP contribution in [-0.4, -0.2) is 23.1 Å². The van der Waals surface area contributed by atoms with Crippen LogP contribution in [0.5, 0.6) is 0 Å². The van der Waals surface area contributed by atoms with E-state index < -0.39 is 5.97 Å². The third kappa shape index (κ3) is 7.85. The van der Waals surface area contributed by atoms with Crippen molar-refractivity contribution < 1.29 is 19.4 Å². The molecule has 134 valence electrons. The van der Waals surface area contributed by atoms with Crippen LogP contribution < -0.4 is 0 Å². The zero-order chi connectivity index (χ0) is 17.1. The average molecular weight is 326 g/mol. The number of carbonyl (C=O) groups is 2. The monoisotopic (exact) mass is 326 g/mol. The summed E-state index contributed by atoms with van der Waals surface area (Å²) < 4.78 is 5.78. The maximum Gasteiger partial charge on any atom is 0.309 e. The normalized spacial score (nSPS) is 22.5. The highest BCUT2D eigenvalue weighted by molar-refractivity contribution is 5.74. The van der Waals surface area contributed by atoms with Crippen molar-refractivity contribution in [3.8, 4) is 0 Å². The van der Waals surface area contributed by atoms with Gasteiger partial charge >= 0.3 is 11.9 Å². The van der Waals surface area contributed by atoms with Gasteiger partial charge in [-0.1, -0.05) is 46.0 Å². The maximum atomic E-state index is 12.4. The third-order valence-electron chi connectivity index (χ3n) is 4.95. The van der Waals surface area contributed by atoms with Crippen molar-refractivity contribution in [3.05, 3.63) is 0 Å². The van der Waals surface area contributed by atoms with Crippen molar-refractivity contribution in [2.24, 2.45) is 11.8 Å². The first kappa shape index (κ1) is 20.0. The summed E-state index contributed by atoms with van der Waals surface area (Å²) in [6.45, 7) is 4.35. The molecule has 1 unspecified atom stereocenters. The summed E-state index contributed by atoms with van der Waals surface area (Å²) in [7, 11) is 0. The van der Waals surface area contributed by atoms with Crippen LogP contribution in [0.3, 0.4) is 0 Å². The number of carbonyl (C=O) groups excluding carboxylic acids is 1. The van der Waals surface area contributed by atoms with E-state index in [1.807, 2.05) is 0 Å². The Labute approximate surface area is 141 Å². The highest BCUT2D eigenvalue weighted by Crippen LogP contribution is 2.30. The van der Waals surface area contributed by atoms with E-state index in [0.29, 0.717) is 25.7 Å². The van der Waals surface area contributed by atoms with Gasteiger partial charge in [0.05, 0.1) is 11.8 Å². The molecule has 0 heterocycles. The zero-order valence-electron chi connectivity index (χ0n) is 14.9. The first-order chi connectivity index (χ1) is 11.1. The Morgan fingerprint density at radius 3 is 2.04 bits per heavy atom. The topological polar surface area (TPSA) is 63.6 Å². The number of hydrogen-bond donors (Lipinski definition) is 1. The molecule has 1 saturated carbocycles. The van der Waals surface area contributed by atoms with Gasteiger partial charge in [0.1, 0.15) is 6.10 Å². The summed E-state index contributed by atoms with van der Waals surface area (Å²) >= 11 is 0. The Bertz CT molecular complexity index is 345. The molecule has 0 aliphatic heterocycles. The lowest BCUT2D eigenvalue weighted by atomic mass is 9.82. The molecule has 0 aromatic rings. The zero-order valence-corrected chi connectivity index (χ0v) is 14.9. The third-order valence-corrected chi connectivity index (χ3v) is 4.95. The van der Waals surface area contributed by atoms with Crippen LogP contribution in [0.25, 0.3) is 0 Å². The van der Waals surface area contributed by atoms with Crippen molar-refractivity contribution in [2.75, 3.05) is 0 Å². The first-order valence-electron chi connectivity index (χ1n) is 9.51. The van der Waals surface area contributed by atoms with E-state index in [-0.39, 0.29) is 23.9 Å². The molecule has 1 N–H and O–H groups in total. The number of unbranched alkanes of at least 4 members (excludes halogenated alkanes) is 4. The molecule has 1 atom stereocenters. The Morgan fingerprint density at radius 2 is 1.48 bits per heavy atom. The molecule has 0 amide bonds. The van der Waals surface area contributed by atoms with Crippen LogP contribution in [0.1, 0.15) is 90.9 Å². The number of esters is 1. The van der Waals surface area contributed by atoms with E-state index in [1.54, 1.807) is 0 Å². The van der Waals surface area contributed by atoms with E-state index in [9.17, 15) is 9.59 Å². The lowest BCUT2D eigenvalue weighted by Crippen LogP contribution is -2.29. The number of hydrogen-bond acceptors (Lipinski definition) is 3. The average Bonchev–Trinajstić information content (AvgIpc) is 2.56. The minimum atomic E-state index is -0.728. The molecule has 1 fully saturated rings. The number of carboxylic acid groups (broad SMARTS) is 1. The lowest BCUT2D eigenvalue weighted by Gasteiger charge is -2.27. The molecular formula is C19H34O4. The summed E-state index contributed by atoms with van der Waals surface area (Å²) in [4.78, 5) is 23.3. The van der Waals surface area contributed by atoms with Gasteiger partial charge in [-0.3, -0.25) is 9.59 Å². The van der Waals surface area contributed by atoms with Crippen molar-refractivity contribution in [1.29, 1.82) is 0 Å². The van der Waals surface area contributed by atoms with Gasteiger partial charge in [0.2, 0.25) is 0 Å². The molecule has 0 saturated heterocycles. The van der Waals surface area contributed by atoms with Gasteiger partial charge in [0.15, 0.2) is 0 Å². The summed E-state index contributed by atoms with van der Waals surface area (Å²) in [5.41, 5.74) is 0. The maximum absolute atomic E-state index is 12.4. The Hall–Kier alpha value is -1.06. The van der Waals surface area contributed by atoms with E-state index in [2.05, 4.69) is 13.8 Å². The highest BCUT2D eigenvalue weighted by atomic mass is 16.5. The van der Waals surface area contributed by atoms with Crippen molar-refractivity contribution in [1.82, 2.24) is 0 Å². The fourth-order valence-electron chi connectivity index (χ4n) is 3.33. The predicted octanol–water partition coefficient (Wildman–Crippen LogP) is 4.95. The summed E-state index contributed by atoms with van der Waals surface area (Å²) in [5.74, 6) is -1.19. The second kappa shape index (κ2) is 11.5. The SMILES string of the molecule is CCCCCCC(CCCC)OC(=O)C1CCC(C(=O)O)CC1. The van der Waals surface area contributed by atoms with Crippen LogP contribution in [0, 0.1) is 11.8 Å². The Morgan fingerprint density at radius 1 is 0.913 bits per heavy atom. The molecule has 0 bridgehead atoms. The molecule has 4 heteroatoms. The Kier molecular flexibility index (Phi) is 9.97. The number of ether oxygens (including phenoxy) is 1. The van der Waals surface area contributed by atoms with Crippen LogP contribution in [0.15, 0.2) is 0 Å². The van der Waals surface area contributed by atoms with Crippen LogP contribution in [-0.2, 0) is 14.3 Å². The smallest absolute Gasteiger partial charge is 0.309 e. The Balaban J connectivity index is 2.38. The van der Waals surface area contributed by atoms with E-state index in [1.165, 1.54) is 19.3 Å². The van der Waals surface area contributed by atoms with E-state index in [4.69, 9.17) is 9.84 Å². The highest BCUT2D eigenvalue weighted by Gasteiger charge is 2.31. The fourth-order valence-corrected chi connectivity index (χ4v) is 3.33. The van der Waals surface area contributed by atoms with Crippen molar-refractivity contribution in [2.45, 2.75) is 97.0 Å². The lowest BCUT2D eigenvalue weighted by molar-refractivity contribution is -0.158. The molecule has 4 nitrogen and oxygen atoms in total. The van der Waals surface area contributed by atoms with Gasteiger partial charge in [-0.25, -0.2) is 0 Å². The molecule has 0 radical (unpaired) electrons. The summed E-state index contributed by atoms with van der Waals surface area (Å²) in [5, 5.41) is 9.03.